The van der Waals surface area contributed by atoms with Gasteiger partial charge in [-0.25, -0.2) is 18.3 Å². The molecule has 0 aliphatic carbocycles. The summed E-state index contributed by atoms with van der Waals surface area (Å²) in [5.74, 6) is -0.191. The molecule has 1 saturated heterocycles. The third kappa shape index (κ3) is 4.07. The Hall–Kier alpha value is -2.43. The minimum absolute atomic E-state index is 0.138. The second-order valence-electron chi connectivity index (χ2n) is 7.72. The van der Waals surface area contributed by atoms with Crippen LogP contribution in [0.5, 0.6) is 0 Å². The Morgan fingerprint density at radius 1 is 1.19 bits per heavy atom. The van der Waals surface area contributed by atoms with Gasteiger partial charge in [-0.15, -0.1) is 0 Å². The van der Waals surface area contributed by atoms with Crippen LogP contribution in [0, 0.1) is 0 Å². The van der Waals surface area contributed by atoms with Crippen molar-refractivity contribution in [1.82, 2.24) is 19.2 Å². The molecular formula is C19H18ClF5N4O2. The molecule has 2 aromatic rings. The lowest BCUT2D eigenvalue weighted by molar-refractivity contribution is -0.137. The molecule has 31 heavy (non-hydrogen) atoms. The quantitative estimate of drug-likeness (QED) is 0.656. The van der Waals surface area contributed by atoms with Crippen molar-refractivity contribution in [2.45, 2.75) is 50.4 Å². The highest BCUT2D eigenvalue weighted by Crippen LogP contribution is 2.35. The van der Waals surface area contributed by atoms with Crippen LogP contribution in [-0.4, -0.2) is 50.6 Å². The molecule has 6 nitrogen and oxygen atoms in total. The van der Waals surface area contributed by atoms with Crippen LogP contribution in [0.25, 0.3) is 0 Å². The predicted molar refractivity (Wildman–Crippen MR) is 100 cm³/mol. The van der Waals surface area contributed by atoms with Gasteiger partial charge in [-0.1, -0.05) is 17.7 Å². The fraction of sp³-hybridized carbons (Fsp3) is 0.526. The van der Waals surface area contributed by atoms with E-state index in [1.54, 1.807) is 0 Å². The zero-order chi connectivity index (χ0) is 22.5. The van der Waals surface area contributed by atoms with Crippen molar-refractivity contribution < 1.29 is 26.7 Å². The van der Waals surface area contributed by atoms with Gasteiger partial charge in [0.15, 0.2) is 12.3 Å². The fourth-order valence-corrected chi connectivity index (χ4v) is 4.35. The maximum absolute atomic E-state index is 13.5. The minimum Gasteiger partial charge on any atom is -0.335 e. The van der Waals surface area contributed by atoms with Crippen LogP contribution >= 0.6 is 11.6 Å². The summed E-state index contributed by atoms with van der Waals surface area (Å²) in [5, 5.41) is 3.72. The number of hydrogen-bond donors (Lipinski definition) is 0. The van der Waals surface area contributed by atoms with Crippen molar-refractivity contribution >= 4 is 17.5 Å². The van der Waals surface area contributed by atoms with Gasteiger partial charge in [0, 0.05) is 6.42 Å². The van der Waals surface area contributed by atoms with Crippen LogP contribution in [0.2, 0.25) is 5.02 Å². The summed E-state index contributed by atoms with van der Waals surface area (Å²) in [6.07, 6.45) is -6.79. The molecule has 1 amide bonds. The van der Waals surface area contributed by atoms with E-state index in [1.807, 2.05) is 0 Å². The van der Waals surface area contributed by atoms with E-state index in [0.717, 1.165) is 21.7 Å². The van der Waals surface area contributed by atoms with E-state index in [1.165, 1.54) is 10.6 Å². The molecule has 168 valence electrons. The SMILES string of the molecule is O=C(C1CCCc2nn(Cc3ccc(C(F)(F)F)c(Cl)c3)c(=O)n21)N1CC(F)C(F)C1. The number of hydrogen-bond acceptors (Lipinski definition) is 3. The number of likely N-dealkylation sites (tertiary alicyclic amines) is 1. The number of carbonyl (C=O) groups is 1. The number of aryl methyl sites for hydroxylation is 1. The van der Waals surface area contributed by atoms with E-state index in [4.69, 9.17) is 11.6 Å². The van der Waals surface area contributed by atoms with Crippen molar-refractivity contribution in [3.63, 3.8) is 0 Å². The molecule has 12 heteroatoms. The monoisotopic (exact) mass is 464 g/mol. The number of halogens is 6. The number of alkyl halides is 5. The lowest BCUT2D eigenvalue weighted by atomic mass is 10.0. The Bertz CT molecular complexity index is 1060. The molecule has 0 N–H and O–H groups in total. The van der Waals surface area contributed by atoms with Crippen molar-refractivity contribution in [1.29, 1.82) is 0 Å². The minimum atomic E-state index is -4.60. The predicted octanol–water partition coefficient (Wildman–Crippen LogP) is 3.16. The normalized spacial score (nSPS) is 23.8. The van der Waals surface area contributed by atoms with Crippen LogP contribution in [0.3, 0.4) is 0 Å². The van der Waals surface area contributed by atoms with E-state index in [0.29, 0.717) is 30.7 Å². The molecule has 0 spiro atoms. The molecule has 4 rings (SSSR count). The van der Waals surface area contributed by atoms with Gasteiger partial charge in [0.2, 0.25) is 5.91 Å². The maximum Gasteiger partial charge on any atom is 0.417 e. The standard InChI is InChI=1S/C19H18ClF5N4O2/c20-12-6-10(4-5-11(12)19(23,24)25)7-28-18(31)29-15(2-1-3-16(29)26-28)17(30)27-8-13(21)14(22)9-27/h4-6,13-15H,1-3,7-9H2. The van der Waals surface area contributed by atoms with Crippen LogP contribution < -0.4 is 5.69 Å². The second kappa shape index (κ2) is 7.92. The molecule has 3 heterocycles. The number of fused-ring (bicyclic) bond motifs is 1. The summed E-state index contributed by atoms with van der Waals surface area (Å²) in [4.78, 5) is 26.8. The number of aromatic nitrogens is 3. The van der Waals surface area contributed by atoms with Crippen molar-refractivity contribution in [3.8, 4) is 0 Å². The molecule has 0 saturated carbocycles. The van der Waals surface area contributed by atoms with Gasteiger partial charge >= 0.3 is 11.9 Å². The highest BCUT2D eigenvalue weighted by molar-refractivity contribution is 6.31. The lowest BCUT2D eigenvalue weighted by Gasteiger charge is -2.26. The van der Waals surface area contributed by atoms with Crippen LogP contribution in [-0.2, 0) is 23.9 Å². The van der Waals surface area contributed by atoms with Crippen LogP contribution in [0.15, 0.2) is 23.0 Å². The topological polar surface area (TPSA) is 60.1 Å². The molecule has 3 unspecified atom stereocenters. The van der Waals surface area contributed by atoms with Gasteiger partial charge in [0.1, 0.15) is 11.9 Å². The van der Waals surface area contributed by atoms with Gasteiger partial charge in [0.05, 0.1) is 30.2 Å². The molecule has 3 atom stereocenters. The molecule has 1 fully saturated rings. The average Bonchev–Trinajstić information content (AvgIpc) is 3.19. The third-order valence-corrected chi connectivity index (χ3v) is 5.89. The van der Waals surface area contributed by atoms with Gasteiger partial charge < -0.3 is 4.90 Å². The van der Waals surface area contributed by atoms with E-state index in [9.17, 15) is 31.5 Å². The van der Waals surface area contributed by atoms with Crippen LogP contribution in [0.4, 0.5) is 22.0 Å². The largest absolute Gasteiger partial charge is 0.417 e. The zero-order valence-corrected chi connectivity index (χ0v) is 16.8. The number of rotatable bonds is 3. The van der Waals surface area contributed by atoms with E-state index < -0.39 is 46.7 Å². The summed E-state index contributed by atoms with van der Waals surface area (Å²) in [5.41, 5.74) is -1.27. The summed E-state index contributed by atoms with van der Waals surface area (Å²) in [6.45, 7) is -0.863. The third-order valence-electron chi connectivity index (χ3n) is 5.58. The number of amides is 1. The molecule has 0 bridgehead atoms. The Morgan fingerprint density at radius 2 is 1.87 bits per heavy atom. The number of nitrogens with zero attached hydrogens (tertiary/aromatic N) is 4. The van der Waals surface area contributed by atoms with Crippen molar-refractivity contribution in [2.24, 2.45) is 0 Å². The fourth-order valence-electron chi connectivity index (χ4n) is 4.04. The smallest absolute Gasteiger partial charge is 0.335 e. The molecular weight excluding hydrogens is 447 g/mol. The Balaban J connectivity index is 1.60. The van der Waals surface area contributed by atoms with E-state index in [-0.39, 0.29) is 19.6 Å². The molecule has 2 aliphatic rings. The Kier molecular flexibility index (Phi) is 5.57. The van der Waals surface area contributed by atoms with Crippen LogP contribution in [0.1, 0.15) is 35.8 Å². The van der Waals surface area contributed by atoms with Crippen molar-refractivity contribution in [3.05, 3.63) is 50.7 Å². The number of carbonyl (C=O) groups excluding carboxylic acids is 1. The number of benzene rings is 1. The molecule has 1 aromatic carbocycles. The highest BCUT2D eigenvalue weighted by atomic mass is 35.5. The van der Waals surface area contributed by atoms with Crippen molar-refractivity contribution in [2.75, 3.05) is 13.1 Å². The first-order chi connectivity index (χ1) is 14.6. The first kappa shape index (κ1) is 21.8. The van der Waals surface area contributed by atoms with Gasteiger partial charge in [-0.2, -0.15) is 18.3 Å². The molecule has 1 aromatic heterocycles. The summed E-state index contributed by atoms with van der Waals surface area (Å²) < 4.78 is 68.0. The van der Waals surface area contributed by atoms with Gasteiger partial charge in [-0.3, -0.25) is 9.36 Å². The maximum atomic E-state index is 13.5. The summed E-state index contributed by atoms with van der Waals surface area (Å²) >= 11 is 5.74. The second-order valence-corrected chi connectivity index (χ2v) is 8.13. The Labute approximate surface area is 178 Å². The van der Waals surface area contributed by atoms with Gasteiger partial charge in [0.25, 0.3) is 0 Å². The lowest BCUT2D eigenvalue weighted by Crippen LogP contribution is -2.42. The first-order valence-electron chi connectivity index (χ1n) is 9.67. The zero-order valence-electron chi connectivity index (χ0n) is 16.1. The Morgan fingerprint density at radius 3 is 2.48 bits per heavy atom. The molecule has 2 aliphatic heterocycles. The average molecular weight is 465 g/mol. The van der Waals surface area contributed by atoms with E-state index in [2.05, 4.69) is 5.10 Å². The van der Waals surface area contributed by atoms with Gasteiger partial charge in [-0.05, 0) is 30.5 Å². The highest BCUT2D eigenvalue weighted by Gasteiger charge is 2.40. The first-order valence-corrected chi connectivity index (χ1v) is 10.0. The summed E-state index contributed by atoms with van der Waals surface area (Å²) in [7, 11) is 0. The van der Waals surface area contributed by atoms with E-state index >= 15 is 0 Å². The summed E-state index contributed by atoms with van der Waals surface area (Å²) in [6, 6.07) is 2.23. The molecule has 0 radical (unpaired) electrons.